The number of hydrogen-bond donors (Lipinski definition) is 2. The van der Waals surface area contributed by atoms with Crippen molar-refractivity contribution in [1.82, 2.24) is 10.2 Å². The Bertz CT molecular complexity index is 822. The number of phenolic OH excluding ortho intramolecular Hbond substituents is 1. The monoisotopic (exact) mass is 311 g/mol. The number of H-pyrrole nitrogens is 1. The number of nitrogens with zero attached hydrogens (tertiary/aromatic N) is 2. The summed E-state index contributed by atoms with van der Waals surface area (Å²) < 4.78 is 0. The summed E-state index contributed by atoms with van der Waals surface area (Å²) in [5.74, 6) is 0.759. The van der Waals surface area contributed by atoms with Crippen molar-refractivity contribution in [2.75, 3.05) is 0 Å². The van der Waals surface area contributed by atoms with Gasteiger partial charge in [-0.2, -0.15) is 5.10 Å². The molecule has 0 radical (unpaired) electrons. The molecule has 3 aromatic rings. The first kappa shape index (κ1) is 14.4. The smallest absolute Gasteiger partial charge is 0.181 e. The second-order valence-corrected chi connectivity index (χ2v) is 5.31. The third-order valence-electron chi connectivity index (χ3n) is 3.32. The summed E-state index contributed by atoms with van der Waals surface area (Å²) in [4.78, 5) is 4.40. The summed E-state index contributed by atoms with van der Waals surface area (Å²) in [5, 5.41) is 17.6. The number of hydrogen-bond acceptors (Lipinski definition) is 3. The highest BCUT2D eigenvalue weighted by atomic mass is 35.5. The van der Waals surface area contributed by atoms with Gasteiger partial charge in [0.15, 0.2) is 5.82 Å². The summed E-state index contributed by atoms with van der Waals surface area (Å²) >= 11 is 5.93. The van der Waals surface area contributed by atoms with E-state index in [0.29, 0.717) is 16.4 Å². The molecular formula is C17H14ClN3O. The summed E-state index contributed by atoms with van der Waals surface area (Å²) in [5.41, 5.74) is 3.47. The van der Waals surface area contributed by atoms with Gasteiger partial charge in [0, 0.05) is 28.1 Å². The van der Waals surface area contributed by atoms with E-state index in [1.807, 2.05) is 37.3 Å². The van der Waals surface area contributed by atoms with Crippen LogP contribution < -0.4 is 0 Å². The SMILES string of the molecule is Cc1[nH]nc(N=Cc2ccccc2O)c1-c1ccc(Cl)cc1. The van der Waals surface area contributed by atoms with Gasteiger partial charge < -0.3 is 5.11 Å². The molecule has 110 valence electrons. The Morgan fingerprint density at radius 3 is 2.59 bits per heavy atom. The Balaban J connectivity index is 1.99. The predicted molar refractivity (Wildman–Crippen MR) is 89.1 cm³/mol. The number of phenols is 1. The molecule has 1 heterocycles. The van der Waals surface area contributed by atoms with Crippen LogP contribution in [0.25, 0.3) is 11.1 Å². The van der Waals surface area contributed by atoms with Crippen molar-refractivity contribution in [3.05, 3.63) is 64.8 Å². The van der Waals surface area contributed by atoms with E-state index in [1.165, 1.54) is 0 Å². The van der Waals surface area contributed by atoms with Crippen molar-refractivity contribution in [2.45, 2.75) is 6.92 Å². The van der Waals surface area contributed by atoms with Crippen molar-refractivity contribution >= 4 is 23.6 Å². The van der Waals surface area contributed by atoms with Crippen molar-refractivity contribution in [3.8, 4) is 16.9 Å². The van der Waals surface area contributed by atoms with Crippen LogP contribution in [0.3, 0.4) is 0 Å². The number of para-hydroxylation sites is 1. The number of aromatic nitrogens is 2. The number of rotatable bonds is 3. The van der Waals surface area contributed by atoms with Crippen LogP contribution in [0.5, 0.6) is 5.75 Å². The molecule has 0 saturated heterocycles. The predicted octanol–water partition coefficient (Wildman–Crippen LogP) is 4.49. The minimum atomic E-state index is 0.187. The molecule has 0 atom stereocenters. The summed E-state index contributed by atoms with van der Waals surface area (Å²) in [7, 11) is 0. The minimum Gasteiger partial charge on any atom is -0.507 e. The van der Waals surface area contributed by atoms with Crippen molar-refractivity contribution in [2.24, 2.45) is 4.99 Å². The minimum absolute atomic E-state index is 0.187. The summed E-state index contributed by atoms with van der Waals surface area (Å²) in [6, 6.07) is 14.6. The average Bonchev–Trinajstić information content (AvgIpc) is 2.88. The van der Waals surface area contributed by atoms with Crippen LogP contribution in [0.2, 0.25) is 5.02 Å². The van der Waals surface area contributed by atoms with Gasteiger partial charge in [-0.15, -0.1) is 0 Å². The first-order chi connectivity index (χ1) is 10.6. The van der Waals surface area contributed by atoms with E-state index in [0.717, 1.165) is 16.8 Å². The largest absolute Gasteiger partial charge is 0.507 e. The third-order valence-corrected chi connectivity index (χ3v) is 3.58. The average molecular weight is 312 g/mol. The maximum Gasteiger partial charge on any atom is 0.181 e. The molecule has 2 aromatic carbocycles. The zero-order valence-corrected chi connectivity index (χ0v) is 12.7. The fraction of sp³-hybridized carbons (Fsp3) is 0.0588. The molecule has 3 rings (SSSR count). The molecule has 0 fully saturated rings. The lowest BCUT2D eigenvalue weighted by Crippen LogP contribution is -1.82. The Morgan fingerprint density at radius 2 is 1.86 bits per heavy atom. The van der Waals surface area contributed by atoms with Gasteiger partial charge in [-0.05, 0) is 36.8 Å². The van der Waals surface area contributed by atoms with Crippen LogP contribution in [0.15, 0.2) is 53.5 Å². The molecule has 5 heteroatoms. The molecular weight excluding hydrogens is 298 g/mol. The molecule has 0 unspecified atom stereocenters. The van der Waals surface area contributed by atoms with Gasteiger partial charge in [-0.1, -0.05) is 35.9 Å². The molecule has 4 nitrogen and oxygen atoms in total. The lowest BCUT2D eigenvalue weighted by molar-refractivity contribution is 0.474. The van der Waals surface area contributed by atoms with E-state index in [9.17, 15) is 5.11 Å². The topological polar surface area (TPSA) is 61.3 Å². The summed E-state index contributed by atoms with van der Waals surface area (Å²) in [6.07, 6.45) is 1.60. The third kappa shape index (κ3) is 2.87. The second-order valence-electron chi connectivity index (χ2n) is 4.87. The molecule has 0 aliphatic rings. The molecule has 0 aliphatic heterocycles. The molecule has 0 amide bonds. The van der Waals surface area contributed by atoms with Gasteiger partial charge in [0.2, 0.25) is 0 Å². The van der Waals surface area contributed by atoms with Crippen molar-refractivity contribution in [1.29, 1.82) is 0 Å². The molecule has 0 saturated carbocycles. The molecule has 0 spiro atoms. The number of aryl methyl sites for hydroxylation is 1. The highest BCUT2D eigenvalue weighted by Gasteiger charge is 2.11. The first-order valence-electron chi connectivity index (χ1n) is 6.78. The number of halogens is 1. The molecule has 0 aliphatic carbocycles. The van der Waals surface area contributed by atoms with E-state index in [-0.39, 0.29) is 5.75 Å². The fourth-order valence-corrected chi connectivity index (χ4v) is 2.33. The van der Waals surface area contributed by atoms with Gasteiger partial charge in [0.25, 0.3) is 0 Å². The van der Waals surface area contributed by atoms with E-state index in [2.05, 4.69) is 15.2 Å². The first-order valence-corrected chi connectivity index (χ1v) is 7.16. The van der Waals surface area contributed by atoms with Crippen LogP contribution >= 0.6 is 11.6 Å². The van der Waals surface area contributed by atoms with Crippen LogP contribution in [-0.4, -0.2) is 21.5 Å². The highest BCUT2D eigenvalue weighted by molar-refractivity contribution is 6.30. The zero-order chi connectivity index (χ0) is 15.5. The Hall–Kier alpha value is -2.59. The Morgan fingerprint density at radius 1 is 1.14 bits per heavy atom. The molecule has 22 heavy (non-hydrogen) atoms. The standard InChI is InChI=1S/C17H14ClN3O/c1-11-16(12-6-8-14(18)9-7-12)17(21-20-11)19-10-13-4-2-3-5-15(13)22/h2-10,22H,1H3,(H,20,21). The number of aliphatic imine (C=N–C) groups is 1. The highest BCUT2D eigenvalue weighted by Crippen LogP contribution is 2.32. The maximum absolute atomic E-state index is 9.78. The van der Waals surface area contributed by atoms with Gasteiger partial charge >= 0.3 is 0 Å². The van der Waals surface area contributed by atoms with Gasteiger partial charge in [0.05, 0.1) is 0 Å². The van der Waals surface area contributed by atoms with E-state index in [4.69, 9.17) is 11.6 Å². The van der Waals surface area contributed by atoms with Crippen LogP contribution in [0, 0.1) is 6.92 Å². The normalized spacial score (nSPS) is 11.2. The van der Waals surface area contributed by atoms with E-state index < -0.39 is 0 Å². The fourth-order valence-electron chi connectivity index (χ4n) is 2.20. The quantitative estimate of drug-likeness (QED) is 0.700. The lowest BCUT2D eigenvalue weighted by Gasteiger charge is -2.02. The van der Waals surface area contributed by atoms with Gasteiger partial charge in [-0.25, -0.2) is 4.99 Å². The van der Waals surface area contributed by atoms with Crippen molar-refractivity contribution < 1.29 is 5.11 Å². The van der Waals surface area contributed by atoms with Gasteiger partial charge in [0.1, 0.15) is 5.75 Å². The molecule has 2 N–H and O–H groups in total. The Labute approximate surface area is 133 Å². The van der Waals surface area contributed by atoms with Crippen LogP contribution in [0.4, 0.5) is 5.82 Å². The zero-order valence-electron chi connectivity index (χ0n) is 11.9. The number of nitrogens with one attached hydrogen (secondary N) is 1. The molecule has 0 bridgehead atoms. The Kier molecular flexibility index (Phi) is 3.94. The summed E-state index contributed by atoms with van der Waals surface area (Å²) in [6.45, 7) is 1.94. The lowest BCUT2D eigenvalue weighted by atomic mass is 10.1. The molecule has 1 aromatic heterocycles. The van der Waals surface area contributed by atoms with E-state index in [1.54, 1.807) is 24.4 Å². The van der Waals surface area contributed by atoms with E-state index >= 15 is 0 Å². The van der Waals surface area contributed by atoms with Crippen LogP contribution in [0.1, 0.15) is 11.3 Å². The second kappa shape index (κ2) is 6.03. The van der Waals surface area contributed by atoms with Crippen LogP contribution in [-0.2, 0) is 0 Å². The number of benzene rings is 2. The number of aromatic amines is 1. The van der Waals surface area contributed by atoms with Gasteiger partial charge in [-0.3, -0.25) is 5.10 Å². The number of aromatic hydroxyl groups is 1. The van der Waals surface area contributed by atoms with Crippen molar-refractivity contribution in [3.63, 3.8) is 0 Å². The maximum atomic E-state index is 9.78.